The maximum absolute atomic E-state index is 9.45. The second kappa shape index (κ2) is 7.30. The molecule has 24 heavy (non-hydrogen) atoms. The van der Waals surface area contributed by atoms with Gasteiger partial charge in [0.25, 0.3) is 0 Å². The number of nitriles is 2. The van der Waals surface area contributed by atoms with Crippen LogP contribution >= 0.6 is 0 Å². The average Bonchev–Trinajstić information content (AvgIpc) is 2.62. The van der Waals surface area contributed by atoms with Crippen LogP contribution in [0.1, 0.15) is 24.0 Å². The summed E-state index contributed by atoms with van der Waals surface area (Å²) in [5, 5.41) is 22.1. The summed E-state index contributed by atoms with van der Waals surface area (Å²) in [7, 11) is 0. The fourth-order valence-corrected chi connectivity index (χ4v) is 3.88. The van der Waals surface area contributed by atoms with Gasteiger partial charge in [-0.25, -0.2) is 0 Å². The topological polar surface area (TPSA) is 59.6 Å². The van der Waals surface area contributed by atoms with Crippen LogP contribution in [-0.4, -0.2) is 12.1 Å². The maximum atomic E-state index is 9.45. The van der Waals surface area contributed by atoms with Crippen LogP contribution in [0, 0.1) is 28.1 Å². The van der Waals surface area contributed by atoms with Crippen molar-refractivity contribution < 1.29 is 0 Å². The molecule has 1 heterocycles. The van der Waals surface area contributed by atoms with Crippen molar-refractivity contribution in [2.45, 2.75) is 37.8 Å². The minimum Gasteiger partial charge on any atom is -0.287 e. The largest absolute Gasteiger partial charge is 0.287 e. The first kappa shape index (κ1) is 16.2. The van der Waals surface area contributed by atoms with Crippen LogP contribution in [0.15, 0.2) is 60.7 Å². The molecule has 0 aromatic heterocycles. The zero-order valence-electron chi connectivity index (χ0n) is 13.7. The van der Waals surface area contributed by atoms with Crippen LogP contribution < -0.4 is 5.32 Å². The molecule has 2 atom stereocenters. The molecule has 0 bridgehead atoms. The lowest BCUT2D eigenvalue weighted by Crippen LogP contribution is -2.50. The zero-order valence-corrected chi connectivity index (χ0v) is 13.7. The number of nitrogens with zero attached hydrogens (tertiary/aromatic N) is 2. The van der Waals surface area contributed by atoms with Crippen LogP contribution in [0.2, 0.25) is 0 Å². The van der Waals surface area contributed by atoms with Gasteiger partial charge in [0.2, 0.25) is 0 Å². The third-order valence-corrected chi connectivity index (χ3v) is 4.83. The molecular weight excluding hydrogens is 294 g/mol. The molecule has 1 aliphatic rings. The lowest BCUT2D eigenvalue weighted by Gasteiger charge is -2.42. The van der Waals surface area contributed by atoms with Crippen molar-refractivity contribution in [1.82, 2.24) is 5.32 Å². The van der Waals surface area contributed by atoms with Gasteiger partial charge in [-0.2, -0.15) is 10.5 Å². The molecule has 3 rings (SSSR count). The van der Waals surface area contributed by atoms with Crippen LogP contribution in [0.4, 0.5) is 0 Å². The van der Waals surface area contributed by atoms with E-state index in [0.717, 1.165) is 25.7 Å². The summed E-state index contributed by atoms with van der Waals surface area (Å²) in [6.45, 7) is 0. The van der Waals surface area contributed by atoms with Gasteiger partial charge in [0.1, 0.15) is 0 Å². The molecule has 1 saturated heterocycles. The molecule has 0 saturated carbocycles. The van der Waals surface area contributed by atoms with Gasteiger partial charge < -0.3 is 0 Å². The standard InChI is InChI=1S/C21H21N3/c22-15-19-13-21(14-20(16-23)24-19,11-17-7-3-1-4-8-17)12-18-9-5-2-6-10-18/h1-10,19-20,24H,11-14H2/t19-,20+. The smallest absolute Gasteiger partial charge is 0.0968 e. The van der Waals surface area contributed by atoms with Crippen LogP contribution in [0.25, 0.3) is 0 Å². The molecule has 1 fully saturated rings. The first-order chi connectivity index (χ1) is 11.7. The predicted octanol–water partition coefficient (Wildman–Crippen LogP) is 3.63. The Kier molecular flexibility index (Phi) is 4.94. The van der Waals surface area contributed by atoms with Crippen molar-refractivity contribution in [3.63, 3.8) is 0 Å². The van der Waals surface area contributed by atoms with Crippen molar-refractivity contribution >= 4 is 0 Å². The van der Waals surface area contributed by atoms with Crippen molar-refractivity contribution in [3.8, 4) is 12.1 Å². The second-order valence-electron chi connectivity index (χ2n) is 6.76. The van der Waals surface area contributed by atoms with Gasteiger partial charge in [0, 0.05) is 0 Å². The van der Waals surface area contributed by atoms with E-state index in [1.165, 1.54) is 11.1 Å². The molecule has 1 N–H and O–H groups in total. The normalized spacial score (nSPS) is 22.2. The van der Waals surface area contributed by atoms with E-state index in [4.69, 9.17) is 0 Å². The Bertz CT molecular complexity index is 675. The highest BCUT2D eigenvalue weighted by atomic mass is 15.0. The molecule has 3 heteroatoms. The van der Waals surface area contributed by atoms with Gasteiger partial charge in [-0.3, -0.25) is 5.32 Å². The Balaban J connectivity index is 1.93. The van der Waals surface area contributed by atoms with E-state index >= 15 is 0 Å². The molecule has 3 nitrogen and oxygen atoms in total. The Morgan fingerprint density at radius 2 is 1.21 bits per heavy atom. The van der Waals surface area contributed by atoms with E-state index in [-0.39, 0.29) is 17.5 Å². The summed E-state index contributed by atoms with van der Waals surface area (Å²) in [5.74, 6) is 0. The molecule has 0 radical (unpaired) electrons. The third kappa shape index (κ3) is 3.82. The molecule has 0 aliphatic carbocycles. The molecular formula is C21H21N3. The lowest BCUT2D eigenvalue weighted by molar-refractivity contribution is 0.158. The van der Waals surface area contributed by atoms with E-state index in [2.05, 4.69) is 66.0 Å². The molecule has 0 unspecified atom stereocenters. The SMILES string of the molecule is N#C[C@@H]1CC(Cc2ccccc2)(Cc2ccccc2)C[C@H](C#N)N1. The zero-order chi connectivity index (χ0) is 16.8. The lowest BCUT2D eigenvalue weighted by atomic mass is 9.66. The fourth-order valence-electron chi connectivity index (χ4n) is 3.88. The Labute approximate surface area is 143 Å². The second-order valence-corrected chi connectivity index (χ2v) is 6.76. The summed E-state index contributed by atoms with van der Waals surface area (Å²) in [4.78, 5) is 0. The minimum absolute atomic E-state index is 0.0747. The maximum Gasteiger partial charge on any atom is 0.0968 e. The van der Waals surface area contributed by atoms with Crippen molar-refractivity contribution in [2.24, 2.45) is 5.41 Å². The van der Waals surface area contributed by atoms with Gasteiger partial charge in [-0.05, 0) is 42.2 Å². The minimum atomic E-state index is -0.268. The molecule has 2 aromatic rings. The quantitative estimate of drug-likeness (QED) is 0.937. The highest BCUT2D eigenvalue weighted by Crippen LogP contribution is 2.40. The number of piperidine rings is 1. The molecule has 2 aromatic carbocycles. The monoisotopic (exact) mass is 315 g/mol. The van der Waals surface area contributed by atoms with Crippen molar-refractivity contribution in [2.75, 3.05) is 0 Å². The molecule has 120 valence electrons. The van der Waals surface area contributed by atoms with E-state index in [0.29, 0.717) is 0 Å². The number of hydrogen-bond donors (Lipinski definition) is 1. The first-order valence-corrected chi connectivity index (χ1v) is 8.36. The molecule has 0 spiro atoms. The van der Waals surface area contributed by atoms with Gasteiger partial charge in [0.05, 0.1) is 24.2 Å². The average molecular weight is 315 g/mol. The summed E-state index contributed by atoms with van der Waals surface area (Å²) in [6, 6.07) is 24.9. The van der Waals surface area contributed by atoms with Crippen molar-refractivity contribution in [3.05, 3.63) is 71.8 Å². The summed E-state index contributed by atoms with van der Waals surface area (Å²) < 4.78 is 0. The highest BCUT2D eigenvalue weighted by molar-refractivity contribution is 5.23. The van der Waals surface area contributed by atoms with E-state index in [1.807, 2.05) is 12.1 Å². The van der Waals surface area contributed by atoms with Gasteiger partial charge in [-0.1, -0.05) is 60.7 Å². The van der Waals surface area contributed by atoms with Gasteiger partial charge in [-0.15, -0.1) is 0 Å². The molecule has 0 amide bonds. The Morgan fingerprint density at radius 1 is 0.792 bits per heavy atom. The Morgan fingerprint density at radius 3 is 1.58 bits per heavy atom. The summed E-state index contributed by atoms with van der Waals surface area (Å²) in [5.41, 5.74) is 2.46. The summed E-state index contributed by atoms with van der Waals surface area (Å²) in [6.07, 6.45) is 3.32. The van der Waals surface area contributed by atoms with Crippen LogP contribution in [0.3, 0.4) is 0 Å². The number of nitrogens with one attached hydrogen (secondary N) is 1. The number of benzene rings is 2. The Hall–Kier alpha value is -2.62. The van der Waals surface area contributed by atoms with Crippen LogP contribution in [-0.2, 0) is 12.8 Å². The third-order valence-electron chi connectivity index (χ3n) is 4.83. The predicted molar refractivity (Wildman–Crippen MR) is 93.9 cm³/mol. The van der Waals surface area contributed by atoms with Gasteiger partial charge in [0.15, 0.2) is 0 Å². The first-order valence-electron chi connectivity index (χ1n) is 8.36. The van der Waals surface area contributed by atoms with E-state index in [1.54, 1.807) is 0 Å². The molecule has 1 aliphatic heterocycles. The summed E-state index contributed by atoms with van der Waals surface area (Å²) >= 11 is 0. The van der Waals surface area contributed by atoms with Crippen molar-refractivity contribution in [1.29, 1.82) is 10.5 Å². The van der Waals surface area contributed by atoms with E-state index in [9.17, 15) is 10.5 Å². The van der Waals surface area contributed by atoms with Crippen LogP contribution in [0.5, 0.6) is 0 Å². The highest BCUT2D eigenvalue weighted by Gasteiger charge is 2.40. The fraction of sp³-hybridized carbons (Fsp3) is 0.333. The van der Waals surface area contributed by atoms with Gasteiger partial charge >= 0.3 is 0 Å². The number of hydrogen-bond acceptors (Lipinski definition) is 3. The number of rotatable bonds is 4. The van der Waals surface area contributed by atoms with E-state index < -0.39 is 0 Å².